The van der Waals surface area contributed by atoms with Gasteiger partial charge < -0.3 is 14.6 Å². The van der Waals surface area contributed by atoms with Crippen LogP contribution in [0.4, 0.5) is 0 Å². The lowest BCUT2D eigenvalue weighted by Crippen LogP contribution is -2.43. The lowest BCUT2D eigenvalue weighted by molar-refractivity contribution is -0.0126. The Bertz CT molecular complexity index is 651. The Morgan fingerprint density at radius 1 is 1.26 bits per heavy atom. The summed E-state index contributed by atoms with van der Waals surface area (Å²) in [7, 11) is -2.08. The van der Waals surface area contributed by atoms with E-state index < -0.39 is 15.4 Å². The van der Waals surface area contributed by atoms with Crippen LogP contribution in [-0.2, 0) is 14.8 Å². The molecule has 0 unspecified atom stereocenters. The van der Waals surface area contributed by atoms with Crippen molar-refractivity contribution in [3.63, 3.8) is 0 Å². The van der Waals surface area contributed by atoms with Crippen LogP contribution >= 0.6 is 0 Å². The molecule has 130 valence electrons. The van der Waals surface area contributed by atoms with Gasteiger partial charge in [-0.25, -0.2) is 13.1 Å². The number of hydrogen-bond acceptors (Lipinski definition) is 5. The molecule has 1 heterocycles. The number of aryl methyl sites for hydroxylation is 2. The number of benzene rings is 1. The van der Waals surface area contributed by atoms with Crippen molar-refractivity contribution in [3.05, 3.63) is 23.3 Å². The second-order valence-corrected chi connectivity index (χ2v) is 7.92. The van der Waals surface area contributed by atoms with E-state index in [0.717, 1.165) is 5.56 Å². The van der Waals surface area contributed by atoms with Crippen LogP contribution in [0.25, 0.3) is 0 Å². The monoisotopic (exact) mass is 343 g/mol. The van der Waals surface area contributed by atoms with E-state index in [2.05, 4.69) is 4.72 Å². The highest BCUT2D eigenvalue weighted by atomic mass is 32.2. The topological polar surface area (TPSA) is 84.9 Å². The second-order valence-electron chi connectivity index (χ2n) is 6.18. The number of sulfonamides is 1. The summed E-state index contributed by atoms with van der Waals surface area (Å²) in [5, 5.41) is 9.67. The minimum absolute atomic E-state index is 0.0560. The van der Waals surface area contributed by atoms with Crippen LogP contribution in [0, 0.1) is 19.3 Å². The first-order chi connectivity index (χ1) is 10.8. The van der Waals surface area contributed by atoms with Gasteiger partial charge in [0.2, 0.25) is 10.0 Å². The lowest BCUT2D eigenvalue weighted by atomic mass is 9.81. The van der Waals surface area contributed by atoms with Crippen molar-refractivity contribution in [2.45, 2.75) is 31.6 Å². The number of aliphatic hydroxyl groups excluding tert-OH is 1. The zero-order valence-corrected chi connectivity index (χ0v) is 14.7. The molecule has 0 bridgehead atoms. The summed E-state index contributed by atoms with van der Waals surface area (Å²) < 4.78 is 38.5. The Balaban J connectivity index is 2.20. The predicted molar refractivity (Wildman–Crippen MR) is 87.2 cm³/mol. The third-order valence-corrected chi connectivity index (χ3v) is 6.05. The Morgan fingerprint density at radius 3 is 2.48 bits per heavy atom. The van der Waals surface area contributed by atoms with Gasteiger partial charge >= 0.3 is 0 Å². The van der Waals surface area contributed by atoms with E-state index in [1.165, 1.54) is 0 Å². The molecule has 0 radical (unpaired) electrons. The van der Waals surface area contributed by atoms with Crippen molar-refractivity contribution >= 4 is 10.0 Å². The molecule has 6 nitrogen and oxygen atoms in total. The number of aliphatic hydroxyl groups is 1. The van der Waals surface area contributed by atoms with Gasteiger partial charge in [-0.3, -0.25) is 0 Å². The Morgan fingerprint density at radius 2 is 1.91 bits per heavy atom. The van der Waals surface area contributed by atoms with Gasteiger partial charge in [0.1, 0.15) is 5.75 Å². The molecule has 0 saturated carbocycles. The van der Waals surface area contributed by atoms with Crippen molar-refractivity contribution in [1.82, 2.24) is 4.72 Å². The Hall–Kier alpha value is -1.15. The molecule has 7 heteroatoms. The Kier molecular flexibility index (Phi) is 5.67. The summed E-state index contributed by atoms with van der Waals surface area (Å²) in [6.07, 6.45) is 1.29. The Labute approximate surface area is 137 Å². The van der Waals surface area contributed by atoms with Gasteiger partial charge in [0.15, 0.2) is 0 Å². The first kappa shape index (κ1) is 18.2. The van der Waals surface area contributed by atoms with Gasteiger partial charge in [-0.2, -0.15) is 0 Å². The van der Waals surface area contributed by atoms with Crippen LogP contribution in [0.3, 0.4) is 0 Å². The average molecular weight is 343 g/mol. The predicted octanol–water partition coefficient (Wildman–Crippen LogP) is 1.38. The molecule has 1 aromatic carbocycles. The summed E-state index contributed by atoms with van der Waals surface area (Å²) in [5.74, 6) is 0.665. The molecule has 0 spiro atoms. The van der Waals surface area contributed by atoms with E-state index >= 15 is 0 Å². The molecule has 2 N–H and O–H groups in total. The molecule has 0 amide bonds. The lowest BCUT2D eigenvalue weighted by Gasteiger charge is -2.35. The van der Waals surface area contributed by atoms with Crippen molar-refractivity contribution in [3.8, 4) is 5.75 Å². The molecule has 0 aliphatic carbocycles. The number of hydrogen-bond donors (Lipinski definition) is 2. The number of rotatable bonds is 6. The van der Waals surface area contributed by atoms with Crippen LogP contribution in [0.2, 0.25) is 0 Å². The summed E-state index contributed by atoms with van der Waals surface area (Å²) >= 11 is 0. The third-order valence-electron chi connectivity index (χ3n) is 4.51. The van der Waals surface area contributed by atoms with Gasteiger partial charge in [-0.05, 0) is 49.9 Å². The molecule has 1 aliphatic rings. The SMILES string of the molecule is COc1cc(C)c(S(=O)(=O)NCC2(CO)CCOCC2)cc1C. The van der Waals surface area contributed by atoms with E-state index in [9.17, 15) is 13.5 Å². The molecular weight excluding hydrogens is 318 g/mol. The molecule has 1 fully saturated rings. The third kappa shape index (κ3) is 4.03. The highest BCUT2D eigenvalue weighted by Gasteiger charge is 2.33. The fraction of sp³-hybridized carbons (Fsp3) is 0.625. The molecule has 2 rings (SSSR count). The van der Waals surface area contributed by atoms with Crippen LogP contribution in [0.5, 0.6) is 5.75 Å². The number of methoxy groups -OCH3 is 1. The summed E-state index contributed by atoms with van der Waals surface area (Å²) in [5.41, 5.74) is 0.951. The number of nitrogens with one attached hydrogen (secondary N) is 1. The maximum absolute atomic E-state index is 12.6. The minimum Gasteiger partial charge on any atom is -0.496 e. The second kappa shape index (κ2) is 7.17. The summed E-state index contributed by atoms with van der Waals surface area (Å²) in [6.45, 7) is 4.79. The van der Waals surface area contributed by atoms with Crippen LogP contribution < -0.4 is 9.46 Å². The molecule has 1 aromatic rings. The van der Waals surface area contributed by atoms with Crippen LogP contribution in [-0.4, -0.2) is 47.0 Å². The van der Waals surface area contributed by atoms with Crippen molar-refractivity contribution in [1.29, 1.82) is 0 Å². The number of ether oxygens (including phenoxy) is 2. The van der Waals surface area contributed by atoms with Crippen molar-refractivity contribution < 1.29 is 23.0 Å². The fourth-order valence-corrected chi connectivity index (χ4v) is 4.26. The fourth-order valence-electron chi connectivity index (χ4n) is 2.79. The van der Waals surface area contributed by atoms with Gasteiger partial charge in [0.25, 0.3) is 0 Å². The molecule has 0 atom stereocenters. The van der Waals surface area contributed by atoms with E-state index in [-0.39, 0.29) is 18.0 Å². The van der Waals surface area contributed by atoms with Crippen LogP contribution in [0.15, 0.2) is 17.0 Å². The maximum Gasteiger partial charge on any atom is 0.240 e. The molecule has 23 heavy (non-hydrogen) atoms. The van der Waals surface area contributed by atoms with Crippen molar-refractivity contribution in [2.75, 3.05) is 33.5 Å². The summed E-state index contributed by atoms with van der Waals surface area (Å²) in [4.78, 5) is 0.246. The average Bonchev–Trinajstić information content (AvgIpc) is 2.55. The normalized spacial score (nSPS) is 17.9. The van der Waals surface area contributed by atoms with E-state index in [1.807, 2.05) is 6.92 Å². The highest BCUT2D eigenvalue weighted by Crippen LogP contribution is 2.30. The molecule has 0 aromatic heterocycles. The first-order valence-corrected chi connectivity index (χ1v) is 9.15. The highest BCUT2D eigenvalue weighted by molar-refractivity contribution is 7.89. The zero-order valence-electron chi connectivity index (χ0n) is 13.9. The van der Waals surface area contributed by atoms with Gasteiger partial charge in [0.05, 0.1) is 18.6 Å². The van der Waals surface area contributed by atoms with Crippen LogP contribution in [0.1, 0.15) is 24.0 Å². The van der Waals surface area contributed by atoms with Gasteiger partial charge in [0, 0.05) is 25.2 Å². The largest absolute Gasteiger partial charge is 0.496 e. The molecule has 1 saturated heterocycles. The van der Waals surface area contributed by atoms with Gasteiger partial charge in [-0.15, -0.1) is 0 Å². The molecule has 1 aliphatic heterocycles. The zero-order chi connectivity index (χ0) is 17.1. The maximum atomic E-state index is 12.6. The van der Waals surface area contributed by atoms with E-state index in [4.69, 9.17) is 9.47 Å². The van der Waals surface area contributed by atoms with E-state index in [0.29, 0.717) is 37.4 Å². The smallest absolute Gasteiger partial charge is 0.240 e. The van der Waals surface area contributed by atoms with Crippen molar-refractivity contribution in [2.24, 2.45) is 5.41 Å². The minimum atomic E-state index is -3.64. The standard InChI is InChI=1S/C16H25NO5S/c1-12-9-15(13(2)8-14(12)21-3)23(19,20)17-10-16(11-18)4-6-22-7-5-16/h8-9,17-18H,4-7,10-11H2,1-3H3. The van der Waals surface area contributed by atoms with E-state index in [1.54, 1.807) is 26.2 Å². The molecular formula is C16H25NO5S. The quantitative estimate of drug-likeness (QED) is 0.815. The van der Waals surface area contributed by atoms with Gasteiger partial charge in [-0.1, -0.05) is 0 Å². The first-order valence-electron chi connectivity index (χ1n) is 7.67. The summed E-state index contributed by atoms with van der Waals surface area (Å²) in [6, 6.07) is 3.34.